The van der Waals surface area contributed by atoms with Crippen molar-refractivity contribution in [1.29, 1.82) is 0 Å². The van der Waals surface area contributed by atoms with Crippen molar-refractivity contribution in [3.05, 3.63) is 34.9 Å². The number of rotatable bonds is 2. The molecule has 4 aliphatic carbocycles. The molecule has 4 rings (SSSR count). The molecule has 3 nitrogen and oxygen atoms in total. The standard InChI is InChI=1S/C21H28O3/c1-21-9-8-15-16(18(21)7-5-14(21)3-2-10-22)6-4-13-11-19(23)20(24)12-17(13)15/h2-3,11,14,16,18,20,22,24H,4-10,12H2,1H3/t14-,16-,18+,20?,21-/m1/s1. The van der Waals surface area contributed by atoms with Crippen LogP contribution in [0.25, 0.3) is 0 Å². The van der Waals surface area contributed by atoms with E-state index in [2.05, 4.69) is 13.0 Å². The minimum Gasteiger partial charge on any atom is -0.392 e. The van der Waals surface area contributed by atoms with Gasteiger partial charge in [-0.05, 0) is 78.9 Å². The van der Waals surface area contributed by atoms with Crippen molar-refractivity contribution in [2.75, 3.05) is 6.61 Å². The van der Waals surface area contributed by atoms with Gasteiger partial charge in [-0.25, -0.2) is 0 Å². The quantitative estimate of drug-likeness (QED) is 0.765. The van der Waals surface area contributed by atoms with Gasteiger partial charge in [-0.1, -0.05) is 24.6 Å². The normalized spacial score (nSPS) is 42.0. The minimum atomic E-state index is -0.827. The Labute approximate surface area is 144 Å². The van der Waals surface area contributed by atoms with E-state index in [1.165, 1.54) is 30.4 Å². The van der Waals surface area contributed by atoms with Crippen LogP contribution < -0.4 is 0 Å². The van der Waals surface area contributed by atoms with E-state index in [9.17, 15) is 9.90 Å². The molecule has 0 saturated heterocycles. The summed E-state index contributed by atoms with van der Waals surface area (Å²) in [5.74, 6) is 1.81. The van der Waals surface area contributed by atoms with E-state index in [1.807, 2.05) is 6.08 Å². The zero-order valence-corrected chi connectivity index (χ0v) is 14.5. The van der Waals surface area contributed by atoms with E-state index in [0.29, 0.717) is 29.6 Å². The maximum Gasteiger partial charge on any atom is 0.184 e. The topological polar surface area (TPSA) is 57.5 Å². The van der Waals surface area contributed by atoms with Crippen LogP contribution in [0, 0.1) is 23.2 Å². The Hall–Kier alpha value is -1.19. The largest absolute Gasteiger partial charge is 0.392 e. The van der Waals surface area contributed by atoms with E-state index in [0.717, 1.165) is 19.3 Å². The summed E-state index contributed by atoms with van der Waals surface area (Å²) in [6.45, 7) is 2.58. The summed E-state index contributed by atoms with van der Waals surface area (Å²) in [5, 5.41) is 19.1. The molecule has 0 aromatic carbocycles. The number of hydrogen-bond donors (Lipinski definition) is 2. The van der Waals surface area contributed by atoms with Gasteiger partial charge in [0.1, 0.15) is 6.10 Å². The number of allylic oxidation sites excluding steroid dienone is 3. The van der Waals surface area contributed by atoms with Gasteiger partial charge < -0.3 is 10.2 Å². The van der Waals surface area contributed by atoms with Gasteiger partial charge in [-0.15, -0.1) is 0 Å². The number of carbonyl (C=O) groups excluding carboxylic acids is 1. The summed E-state index contributed by atoms with van der Waals surface area (Å²) >= 11 is 0. The molecular weight excluding hydrogens is 300 g/mol. The lowest BCUT2D eigenvalue weighted by molar-refractivity contribution is -0.122. The highest BCUT2D eigenvalue weighted by Crippen LogP contribution is 2.62. The summed E-state index contributed by atoms with van der Waals surface area (Å²) < 4.78 is 0. The maximum absolute atomic E-state index is 11.8. The predicted molar refractivity (Wildman–Crippen MR) is 93.2 cm³/mol. The Morgan fingerprint density at radius 2 is 2.12 bits per heavy atom. The van der Waals surface area contributed by atoms with Crippen LogP contribution in [0.4, 0.5) is 0 Å². The molecule has 2 N–H and O–H groups in total. The second kappa shape index (κ2) is 5.96. The Kier molecular flexibility index (Phi) is 4.04. The third kappa shape index (κ3) is 2.36. The van der Waals surface area contributed by atoms with Gasteiger partial charge in [0.2, 0.25) is 0 Å². The first-order chi connectivity index (χ1) is 11.5. The first kappa shape index (κ1) is 16.3. The van der Waals surface area contributed by atoms with Crippen molar-refractivity contribution >= 4 is 5.78 Å². The van der Waals surface area contributed by atoms with Crippen LogP contribution in [0.15, 0.2) is 34.9 Å². The highest BCUT2D eigenvalue weighted by molar-refractivity contribution is 5.96. The number of hydrogen-bond acceptors (Lipinski definition) is 3. The van der Waals surface area contributed by atoms with Crippen molar-refractivity contribution in [2.45, 2.75) is 58.0 Å². The first-order valence-electron chi connectivity index (χ1n) is 9.47. The Bertz CT molecular complexity index is 641. The Balaban J connectivity index is 1.67. The van der Waals surface area contributed by atoms with Gasteiger partial charge in [0.25, 0.3) is 0 Å². The summed E-state index contributed by atoms with van der Waals surface area (Å²) in [5.41, 5.74) is 4.41. The van der Waals surface area contributed by atoms with Gasteiger partial charge in [-0.3, -0.25) is 4.79 Å². The smallest absolute Gasteiger partial charge is 0.184 e. The lowest BCUT2D eigenvalue weighted by Crippen LogP contribution is -2.40. The molecule has 3 heteroatoms. The van der Waals surface area contributed by atoms with E-state index in [-0.39, 0.29) is 12.4 Å². The Morgan fingerprint density at radius 1 is 1.29 bits per heavy atom. The summed E-state index contributed by atoms with van der Waals surface area (Å²) in [4.78, 5) is 11.8. The average Bonchev–Trinajstić information content (AvgIpc) is 2.90. The van der Waals surface area contributed by atoms with E-state index in [4.69, 9.17) is 5.11 Å². The molecule has 5 atom stereocenters. The van der Waals surface area contributed by atoms with Crippen LogP contribution >= 0.6 is 0 Å². The van der Waals surface area contributed by atoms with Crippen molar-refractivity contribution < 1.29 is 15.0 Å². The fourth-order valence-electron chi connectivity index (χ4n) is 6.10. The molecule has 0 heterocycles. The molecule has 0 bridgehead atoms. The Morgan fingerprint density at radius 3 is 2.92 bits per heavy atom. The lowest BCUT2D eigenvalue weighted by Gasteiger charge is -2.49. The van der Waals surface area contributed by atoms with Crippen LogP contribution in [0.1, 0.15) is 51.9 Å². The molecule has 1 unspecified atom stereocenters. The lowest BCUT2D eigenvalue weighted by atomic mass is 9.56. The maximum atomic E-state index is 11.8. The van der Waals surface area contributed by atoms with Gasteiger partial charge in [0, 0.05) is 6.42 Å². The van der Waals surface area contributed by atoms with E-state index in [1.54, 1.807) is 11.6 Å². The highest BCUT2D eigenvalue weighted by atomic mass is 16.3. The fraction of sp³-hybridized carbons (Fsp3) is 0.667. The van der Waals surface area contributed by atoms with Crippen LogP contribution in [0.3, 0.4) is 0 Å². The summed E-state index contributed by atoms with van der Waals surface area (Å²) in [6, 6.07) is 0. The van der Waals surface area contributed by atoms with Gasteiger partial charge in [0.15, 0.2) is 5.78 Å². The molecule has 0 aromatic heterocycles. The molecule has 0 amide bonds. The van der Waals surface area contributed by atoms with Gasteiger partial charge >= 0.3 is 0 Å². The zero-order valence-electron chi connectivity index (χ0n) is 14.5. The molecule has 0 radical (unpaired) electrons. The zero-order chi connectivity index (χ0) is 16.9. The molecule has 0 spiro atoms. The van der Waals surface area contributed by atoms with Crippen LogP contribution in [0.2, 0.25) is 0 Å². The molecule has 2 fully saturated rings. The molecule has 130 valence electrons. The summed E-state index contributed by atoms with van der Waals surface area (Å²) in [7, 11) is 0. The van der Waals surface area contributed by atoms with Crippen molar-refractivity contribution in [3.63, 3.8) is 0 Å². The number of fused-ring (bicyclic) bond motifs is 4. The molecule has 24 heavy (non-hydrogen) atoms. The second-order valence-electron chi connectivity index (χ2n) is 8.35. The van der Waals surface area contributed by atoms with Crippen LogP contribution in [0.5, 0.6) is 0 Å². The second-order valence-corrected chi connectivity index (χ2v) is 8.35. The van der Waals surface area contributed by atoms with E-state index >= 15 is 0 Å². The molecular formula is C21H28O3. The van der Waals surface area contributed by atoms with E-state index < -0.39 is 6.10 Å². The number of carbonyl (C=O) groups is 1. The highest BCUT2D eigenvalue weighted by Gasteiger charge is 2.52. The van der Waals surface area contributed by atoms with Gasteiger partial charge in [-0.2, -0.15) is 0 Å². The van der Waals surface area contributed by atoms with Crippen LogP contribution in [-0.2, 0) is 4.79 Å². The molecule has 4 aliphatic rings. The molecule has 2 saturated carbocycles. The minimum absolute atomic E-state index is 0.108. The number of aliphatic hydroxyl groups excluding tert-OH is 2. The SMILES string of the molecule is C[C@]12CCC3=C4CC(O)C(=O)C=C4CC[C@H]3[C@@H]1CC[C@H]2C=CCO. The fourth-order valence-corrected chi connectivity index (χ4v) is 6.10. The predicted octanol–water partition coefficient (Wildman–Crippen LogP) is 3.33. The number of ketones is 1. The number of aliphatic hydroxyl groups is 2. The third-order valence-electron chi connectivity index (χ3n) is 7.37. The average molecular weight is 328 g/mol. The molecule has 0 aromatic rings. The van der Waals surface area contributed by atoms with Crippen molar-refractivity contribution in [1.82, 2.24) is 0 Å². The van der Waals surface area contributed by atoms with Crippen LogP contribution in [-0.4, -0.2) is 28.7 Å². The molecule has 0 aliphatic heterocycles. The monoisotopic (exact) mass is 328 g/mol. The van der Waals surface area contributed by atoms with Crippen molar-refractivity contribution in [3.8, 4) is 0 Å². The third-order valence-corrected chi connectivity index (χ3v) is 7.37. The first-order valence-corrected chi connectivity index (χ1v) is 9.47. The van der Waals surface area contributed by atoms with Crippen molar-refractivity contribution in [2.24, 2.45) is 23.2 Å². The van der Waals surface area contributed by atoms with Gasteiger partial charge in [0.05, 0.1) is 6.61 Å². The summed E-state index contributed by atoms with van der Waals surface area (Å²) in [6.07, 6.45) is 12.5.